The van der Waals surface area contributed by atoms with Crippen molar-refractivity contribution in [1.29, 1.82) is 0 Å². The molecule has 2 aromatic heterocycles. The van der Waals surface area contributed by atoms with E-state index in [2.05, 4.69) is 60.9 Å². The van der Waals surface area contributed by atoms with E-state index in [0.717, 1.165) is 54.1 Å². The number of ketones is 1. The monoisotopic (exact) mass is 478 g/mol. The van der Waals surface area contributed by atoms with Crippen LogP contribution in [-0.2, 0) is 11.2 Å². The number of carbonyl (C=O) groups excluding carboxylic acids is 1. The number of hydrogen-bond acceptors (Lipinski definition) is 7. The minimum absolute atomic E-state index is 0.109. The maximum atomic E-state index is 12.0. The Morgan fingerprint density at radius 1 is 1.19 bits per heavy atom. The van der Waals surface area contributed by atoms with E-state index in [1.807, 2.05) is 18.2 Å². The number of anilines is 3. The number of aromatic amines is 1. The smallest absolute Gasteiger partial charge is 0.229 e. The number of piperazine rings is 1. The molecule has 9 heteroatoms. The van der Waals surface area contributed by atoms with Gasteiger partial charge in [0.1, 0.15) is 0 Å². The van der Waals surface area contributed by atoms with Gasteiger partial charge in [0.15, 0.2) is 17.1 Å². The zero-order chi connectivity index (χ0) is 25.1. The molecule has 2 N–H and O–H groups in total. The van der Waals surface area contributed by atoms with Gasteiger partial charge >= 0.3 is 0 Å². The van der Waals surface area contributed by atoms with Crippen LogP contribution in [0.25, 0.3) is 27.1 Å². The average molecular weight is 479 g/mol. The topological polar surface area (TPSA) is 94.4 Å². The summed E-state index contributed by atoms with van der Waals surface area (Å²) >= 11 is 0. The first kappa shape index (κ1) is 23.2. The van der Waals surface area contributed by atoms with E-state index < -0.39 is 0 Å². The lowest BCUT2D eigenvalue weighted by Crippen LogP contribution is -2.44. The molecule has 1 aliphatic heterocycles. The Kier molecular flexibility index (Phi) is 6.43. The van der Waals surface area contributed by atoms with Crippen molar-refractivity contribution < 1.29 is 4.79 Å². The van der Waals surface area contributed by atoms with Crippen LogP contribution in [-0.4, -0.2) is 64.1 Å². The number of hydrogen-bond donors (Lipinski definition) is 2. The standard InChI is InChI=1S/C27H26N8O/c1-4-23(36)14-18-12-19(15-21(13-18)28-2)25-24-17-29-33-26(24)32-27(31-25)30-20-6-5-7-22(16-20)35-10-8-34(3)9-11-35/h4-7,12-13,15-17H,1,8-11,14H2,3H3,(H2,29,30,31,32,33). The number of carbonyl (C=O) groups is 1. The van der Waals surface area contributed by atoms with Gasteiger partial charge in [-0.1, -0.05) is 30.3 Å². The summed E-state index contributed by atoms with van der Waals surface area (Å²) in [6.45, 7) is 15.1. The third kappa shape index (κ3) is 4.94. The Morgan fingerprint density at radius 3 is 2.81 bits per heavy atom. The molecule has 0 amide bonds. The van der Waals surface area contributed by atoms with Gasteiger partial charge in [0.25, 0.3) is 0 Å². The quantitative estimate of drug-likeness (QED) is 0.301. The number of allylic oxidation sites excluding steroid dienone is 1. The van der Waals surface area contributed by atoms with Crippen LogP contribution < -0.4 is 10.2 Å². The van der Waals surface area contributed by atoms with Crippen LogP contribution in [0, 0.1) is 6.57 Å². The molecule has 36 heavy (non-hydrogen) atoms. The van der Waals surface area contributed by atoms with E-state index >= 15 is 0 Å². The summed E-state index contributed by atoms with van der Waals surface area (Å²) in [4.78, 5) is 29.7. The summed E-state index contributed by atoms with van der Waals surface area (Å²) in [7, 11) is 2.14. The van der Waals surface area contributed by atoms with E-state index in [0.29, 0.717) is 23.0 Å². The zero-order valence-electron chi connectivity index (χ0n) is 20.0. The third-order valence-corrected chi connectivity index (χ3v) is 6.27. The van der Waals surface area contributed by atoms with Crippen molar-refractivity contribution in [1.82, 2.24) is 25.1 Å². The Labute approximate surface area is 209 Å². The summed E-state index contributed by atoms with van der Waals surface area (Å²) in [5, 5.41) is 11.1. The van der Waals surface area contributed by atoms with Gasteiger partial charge in [0.2, 0.25) is 5.95 Å². The summed E-state index contributed by atoms with van der Waals surface area (Å²) < 4.78 is 0. The van der Waals surface area contributed by atoms with Crippen LogP contribution in [0.15, 0.2) is 61.3 Å². The van der Waals surface area contributed by atoms with Crippen LogP contribution in [0.3, 0.4) is 0 Å². The first-order valence-electron chi connectivity index (χ1n) is 11.7. The van der Waals surface area contributed by atoms with E-state index in [-0.39, 0.29) is 12.2 Å². The Hall–Kier alpha value is -4.55. The molecular formula is C27H26N8O. The van der Waals surface area contributed by atoms with E-state index in [1.165, 1.54) is 6.08 Å². The first-order valence-corrected chi connectivity index (χ1v) is 11.7. The highest BCUT2D eigenvalue weighted by atomic mass is 16.1. The molecule has 1 saturated heterocycles. The molecule has 0 unspecified atom stereocenters. The molecule has 0 atom stereocenters. The second-order valence-electron chi connectivity index (χ2n) is 8.84. The molecule has 2 aromatic carbocycles. The summed E-state index contributed by atoms with van der Waals surface area (Å²) in [5.74, 6) is 0.302. The maximum absolute atomic E-state index is 12.0. The van der Waals surface area contributed by atoms with Crippen molar-refractivity contribution in [2.24, 2.45) is 0 Å². The molecule has 0 spiro atoms. The first-order chi connectivity index (χ1) is 17.5. The Bertz CT molecular complexity index is 1480. The SMILES string of the molecule is [C-]#[N+]c1cc(CC(=O)C=C)cc(-c2nc(Nc3cccc(N4CCN(C)CC4)c3)nc3[nH]ncc23)c1. The molecule has 3 heterocycles. The molecule has 0 saturated carbocycles. The lowest BCUT2D eigenvalue weighted by atomic mass is 10.0. The molecule has 9 nitrogen and oxygen atoms in total. The molecule has 0 aliphatic carbocycles. The van der Waals surface area contributed by atoms with Crippen molar-refractivity contribution in [2.45, 2.75) is 6.42 Å². The van der Waals surface area contributed by atoms with Gasteiger partial charge in [-0.2, -0.15) is 10.1 Å². The third-order valence-electron chi connectivity index (χ3n) is 6.27. The number of rotatable bonds is 7. The molecule has 1 fully saturated rings. The molecule has 0 bridgehead atoms. The van der Waals surface area contributed by atoms with Gasteiger partial charge in [0.05, 0.1) is 23.8 Å². The fourth-order valence-electron chi connectivity index (χ4n) is 4.34. The highest BCUT2D eigenvalue weighted by Crippen LogP contribution is 2.32. The predicted octanol–water partition coefficient (Wildman–Crippen LogP) is 4.36. The van der Waals surface area contributed by atoms with Crippen LogP contribution in [0.4, 0.5) is 23.0 Å². The fourth-order valence-corrected chi connectivity index (χ4v) is 4.34. The van der Waals surface area contributed by atoms with Gasteiger partial charge in [-0.25, -0.2) is 9.83 Å². The Morgan fingerprint density at radius 2 is 2.03 bits per heavy atom. The van der Waals surface area contributed by atoms with Crippen molar-refractivity contribution in [2.75, 3.05) is 43.4 Å². The lowest BCUT2D eigenvalue weighted by Gasteiger charge is -2.34. The van der Waals surface area contributed by atoms with Crippen molar-refractivity contribution in [3.05, 3.63) is 78.3 Å². The molecule has 5 rings (SSSR count). The van der Waals surface area contributed by atoms with Crippen LogP contribution in [0.2, 0.25) is 0 Å². The van der Waals surface area contributed by atoms with Gasteiger partial charge < -0.3 is 15.1 Å². The number of nitrogens with one attached hydrogen (secondary N) is 2. The Balaban J connectivity index is 1.50. The largest absolute Gasteiger partial charge is 0.369 e. The lowest BCUT2D eigenvalue weighted by molar-refractivity contribution is -0.114. The van der Waals surface area contributed by atoms with Crippen LogP contribution in [0.1, 0.15) is 5.56 Å². The zero-order valence-corrected chi connectivity index (χ0v) is 20.0. The minimum Gasteiger partial charge on any atom is -0.369 e. The highest BCUT2D eigenvalue weighted by Gasteiger charge is 2.16. The van der Waals surface area contributed by atoms with Crippen molar-refractivity contribution in [3.8, 4) is 11.3 Å². The highest BCUT2D eigenvalue weighted by molar-refractivity contribution is 5.93. The second-order valence-corrected chi connectivity index (χ2v) is 8.84. The average Bonchev–Trinajstić information content (AvgIpc) is 3.37. The number of fused-ring (bicyclic) bond motifs is 1. The molecule has 0 radical (unpaired) electrons. The minimum atomic E-state index is -0.109. The van der Waals surface area contributed by atoms with Gasteiger partial charge in [-0.15, -0.1) is 0 Å². The fraction of sp³-hybridized carbons (Fsp3) is 0.222. The molecule has 1 aliphatic rings. The normalized spacial score (nSPS) is 13.9. The van der Waals surface area contributed by atoms with Crippen molar-refractivity contribution in [3.63, 3.8) is 0 Å². The predicted molar refractivity (Wildman–Crippen MR) is 142 cm³/mol. The van der Waals surface area contributed by atoms with E-state index in [9.17, 15) is 4.79 Å². The van der Waals surface area contributed by atoms with Gasteiger partial charge in [-0.05, 0) is 43.0 Å². The number of nitrogens with zero attached hydrogens (tertiary/aromatic N) is 6. The van der Waals surface area contributed by atoms with E-state index in [4.69, 9.17) is 11.6 Å². The number of likely N-dealkylation sites (N-methyl/N-ethyl adjacent to an activating group) is 1. The van der Waals surface area contributed by atoms with Crippen molar-refractivity contribution >= 4 is 39.8 Å². The van der Waals surface area contributed by atoms with Gasteiger partial charge in [-0.3, -0.25) is 9.89 Å². The van der Waals surface area contributed by atoms with Gasteiger partial charge in [0, 0.05) is 44.0 Å². The van der Waals surface area contributed by atoms with E-state index in [1.54, 1.807) is 18.3 Å². The molecule has 4 aromatic rings. The molecular weight excluding hydrogens is 452 g/mol. The number of H-pyrrole nitrogens is 1. The summed E-state index contributed by atoms with van der Waals surface area (Å²) in [6.07, 6.45) is 3.13. The van der Waals surface area contributed by atoms with Crippen LogP contribution in [0.5, 0.6) is 0 Å². The number of benzene rings is 2. The van der Waals surface area contributed by atoms with Crippen LogP contribution >= 0.6 is 0 Å². The molecule has 180 valence electrons. The summed E-state index contributed by atoms with van der Waals surface area (Å²) in [5.41, 5.74) is 5.12. The maximum Gasteiger partial charge on any atom is 0.229 e. The second kappa shape index (κ2) is 9.98. The number of aromatic nitrogens is 4. The summed E-state index contributed by atoms with van der Waals surface area (Å²) in [6, 6.07) is 13.6.